The van der Waals surface area contributed by atoms with Gasteiger partial charge in [0.1, 0.15) is 18.3 Å². The Balaban J connectivity index is 1.88. The van der Waals surface area contributed by atoms with E-state index >= 15 is 0 Å². The zero-order chi connectivity index (χ0) is 12.3. The summed E-state index contributed by atoms with van der Waals surface area (Å²) in [4.78, 5) is 1.09. The van der Waals surface area contributed by atoms with E-state index in [1.54, 1.807) is 11.8 Å². The van der Waals surface area contributed by atoms with Crippen molar-refractivity contribution in [3.05, 3.63) is 30.3 Å². The Morgan fingerprint density at radius 1 is 1.06 bits per heavy atom. The Kier molecular flexibility index (Phi) is 4.42. The number of thioether (sulfide) groups is 1. The highest BCUT2D eigenvalue weighted by atomic mass is 32.2. The molecule has 1 aliphatic rings. The molecule has 4 atom stereocenters. The maximum Gasteiger partial charge on any atom is 0.111 e. The lowest BCUT2D eigenvalue weighted by Crippen LogP contribution is -2.34. The van der Waals surface area contributed by atoms with Crippen LogP contribution in [0.5, 0.6) is 0 Å². The van der Waals surface area contributed by atoms with E-state index in [0.717, 1.165) is 4.90 Å². The van der Waals surface area contributed by atoms with Crippen molar-refractivity contribution in [3.63, 3.8) is 0 Å². The van der Waals surface area contributed by atoms with Crippen molar-refractivity contribution in [3.8, 4) is 0 Å². The van der Waals surface area contributed by atoms with Gasteiger partial charge in [-0.2, -0.15) is 0 Å². The highest BCUT2D eigenvalue weighted by molar-refractivity contribution is 7.99. The highest BCUT2D eigenvalue weighted by Crippen LogP contribution is 2.27. The maximum atomic E-state index is 9.74. The van der Waals surface area contributed by atoms with Crippen molar-refractivity contribution in [2.75, 3.05) is 12.4 Å². The molecule has 1 fully saturated rings. The smallest absolute Gasteiger partial charge is 0.111 e. The van der Waals surface area contributed by atoms with Crippen LogP contribution in [0.3, 0.4) is 0 Å². The van der Waals surface area contributed by atoms with Gasteiger partial charge in [0.2, 0.25) is 0 Å². The molecule has 0 saturated carbocycles. The van der Waals surface area contributed by atoms with Crippen LogP contribution in [-0.4, -0.2) is 52.1 Å². The summed E-state index contributed by atoms with van der Waals surface area (Å²) in [6.45, 7) is -0.273. The van der Waals surface area contributed by atoms with Crippen LogP contribution in [0.15, 0.2) is 35.2 Å². The molecule has 94 valence electrons. The third-order valence-electron chi connectivity index (χ3n) is 2.80. The Morgan fingerprint density at radius 3 is 2.29 bits per heavy atom. The van der Waals surface area contributed by atoms with Gasteiger partial charge < -0.3 is 20.1 Å². The second-order valence-corrected chi connectivity index (χ2v) is 5.09. The largest absolute Gasteiger partial charge is 0.394 e. The monoisotopic (exact) mass is 256 g/mol. The molecule has 0 aromatic heterocycles. The Hall–Kier alpha value is -0.590. The van der Waals surface area contributed by atoms with Crippen molar-refractivity contribution in [2.24, 2.45) is 0 Å². The normalized spacial score (nSPS) is 32.9. The molecule has 1 heterocycles. The van der Waals surface area contributed by atoms with E-state index in [2.05, 4.69) is 0 Å². The Morgan fingerprint density at radius 2 is 1.71 bits per heavy atom. The first kappa shape index (κ1) is 12.9. The van der Waals surface area contributed by atoms with Crippen molar-refractivity contribution in [2.45, 2.75) is 29.3 Å². The van der Waals surface area contributed by atoms with Gasteiger partial charge in [0.15, 0.2) is 0 Å². The molecular weight excluding hydrogens is 240 g/mol. The number of hydrogen-bond donors (Lipinski definition) is 3. The van der Waals surface area contributed by atoms with Crippen LogP contribution in [0.1, 0.15) is 0 Å². The lowest BCUT2D eigenvalue weighted by atomic mass is 10.1. The minimum Gasteiger partial charge on any atom is -0.394 e. The van der Waals surface area contributed by atoms with Crippen LogP contribution in [0.4, 0.5) is 0 Å². The molecular formula is C12H16O4S. The molecule has 1 saturated heterocycles. The van der Waals surface area contributed by atoms with E-state index in [4.69, 9.17) is 9.84 Å². The van der Waals surface area contributed by atoms with Crippen molar-refractivity contribution in [1.29, 1.82) is 0 Å². The zero-order valence-electron chi connectivity index (χ0n) is 9.27. The summed E-state index contributed by atoms with van der Waals surface area (Å²) in [6, 6.07) is 9.79. The molecule has 1 aromatic rings. The molecule has 1 aliphatic heterocycles. The summed E-state index contributed by atoms with van der Waals surface area (Å²) in [5.74, 6) is 0.554. The number of aliphatic hydroxyl groups is 3. The number of ether oxygens (including phenoxy) is 1. The SMILES string of the molecule is OC[C@H]1O[C@@H](CSc2ccccc2)[C@@H](O)[C@@H]1O. The fourth-order valence-corrected chi connectivity index (χ4v) is 2.79. The predicted molar refractivity (Wildman–Crippen MR) is 64.9 cm³/mol. The number of rotatable bonds is 4. The van der Waals surface area contributed by atoms with E-state index in [0.29, 0.717) is 5.75 Å². The predicted octanol–water partition coefficient (Wildman–Crippen LogP) is 0.260. The third kappa shape index (κ3) is 3.00. The zero-order valence-corrected chi connectivity index (χ0v) is 10.1. The topological polar surface area (TPSA) is 69.9 Å². The summed E-state index contributed by atoms with van der Waals surface area (Å²) < 4.78 is 5.39. The average molecular weight is 256 g/mol. The first-order valence-corrected chi connectivity index (χ1v) is 6.51. The standard InChI is InChI=1S/C12H16O4S/c13-6-9-11(14)12(15)10(16-9)7-17-8-4-2-1-3-5-8/h1-5,9-15H,6-7H2/t9-,10+,11-,12-/m1/s1. The summed E-state index contributed by atoms with van der Waals surface area (Å²) in [5, 5.41) is 28.3. The second kappa shape index (κ2) is 5.84. The van der Waals surface area contributed by atoms with Gasteiger partial charge in [-0.15, -0.1) is 11.8 Å². The molecule has 0 amide bonds. The fourth-order valence-electron chi connectivity index (χ4n) is 1.81. The van der Waals surface area contributed by atoms with E-state index < -0.39 is 24.4 Å². The maximum absolute atomic E-state index is 9.74. The Bertz CT molecular complexity index is 346. The molecule has 0 bridgehead atoms. The van der Waals surface area contributed by atoms with E-state index in [-0.39, 0.29) is 6.61 Å². The molecule has 4 nitrogen and oxygen atoms in total. The van der Waals surface area contributed by atoms with Crippen molar-refractivity contribution >= 4 is 11.8 Å². The van der Waals surface area contributed by atoms with Gasteiger partial charge >= 0.3 is 0 Å². The molecule has 0 aliphatic carbocycles. The molecule has 2 rings (SSSR count). The number of hydrogen-bond acceptors (Lipinski definition) is 5. The molecule has 3 N–H and O–H groups in total. The minimum absolute atomic E-state index is 0.273. The van der Waals surface area contributed by atoms with Crippen molar-refractivity contribution in [1.82, 2.24) is 0 Å². The number of aliphatic hydroxyl groups excluding tert-OH is 3. The lowest BCUT2D eigenvalue weighted by molar-refractivity contribution is -0.0161. The third-order valence-corrected chi connectivity index (χ3v) is 3.90. The van der Waals surface area contributed by atoms with Crippen LogP contribution in [-0.2, 0) is 4.74 Å². The summed E-state index contributed by atoms with van der Waals surface area (Å²) >= 11 is 1.56. The molecule has 5 heteroatoms. The number of benzene rings is 1. The van der Waals surface area contributed by atoms with Gasteiger partial charge in [0.25, 0.3) is 0 Å². The quantitative estimate of drug-likeness (QED) is 0.674. The van der Waals surface area contributed by atoms with Gasteiger partial charge in [0, 0.05) is 10.6 Å². The summed E-state index contributed by atoms with van der Waals surface area (Å²) in [7, 11) is 0. The van der Waals surface area contributed by atoms with Gasteiger partial charge in [-0.1, -0.05) is 18.2 Å². The average Bonchev–Trinajstić information content (AvgIpc) is 2.65. The van der Waals surface area contributed by atoms with Crippen LogP contribution in [0, 0.1) is 0 Å². The molecule has 1 aromatic carbocycles. The molecule has 17 heavy (non-hydrogen) atoms. The lowest BCUT2D eigenvalue weighted by Gasteiger charge is -2.13. The van der Waals surface area contributed by atoms with Gasteiger partial charge in [-0.25, -0.2) is 0 Å². The second-order valence-electron chi connectivity index (χ2n) is 4.00. The molecule has 0 radical (unpaired) electrons. The first-order chi connectivity index (χ1) is 8.22. The van der Waals surface area contributed by atoms with E-state index in [1.807, 2.05) is 30.3 Å². The van der Waals surface area contributed by atoms with Crippen LogP contribution in [0.2, 0.25) is 0 Å². The van der Waals surface area contributed by atoms with Gasteiger partial charge in [-0.3, -0.25) is 0 Å². The van der Waals surface area contributed by atoms with E-state index in [9.17, 15) is 10.2 Å². The first-order valence-electron chi connectivity index (χ1n) is 5.52. The van der Waals surface area contributed by atoms with Crippen molar-refractivity contribution < 1.29 is 20.1 Å². The van der Waals surface area contributed by atoms with Gasteiger partial charge in [0.05, 0.1) is 12.7 Å². The van der Waals surface area contributed by atoms with Crippen LogP contribution < -0.4 is 0 Å². The summed E-state index contributed by atoms with van der Waals surface area (Å²) in [5.41, 5.74) is 0. The molecule has 0 unspecified atom stereocenters. The highest BCUT2D eigenvalue weighted by Gasteiger charge is 2.41. The van der Waals surface area contributed by atoms with Gasteiger partial charge in [-0.05, 0) is 12.1 Å². The van der Waals surface area contributed by atoms with E-state index in [1.165, 1.54) is 0 Å². The fraction of sp³-hybridized carbons (Fsp3) is 0.500. The van der Waals surface area contributed by atoms with Crippen LogP contribution >= 0.6 is 11.8 Å². The Labute approximate surface area is 104 Å². The molecule has 0 spiro atoms. The minimum atomic E-state index is -0.999. The van der Waals surface area contributed by atoms with Crippen LogP contribution in [0.25, 0.3) is 0 Å². The summed E-state index contributed by atoms with van der Waals surface area (Å²) in [6.07, 6.45) is -3.04.